The second-order valence-corrected chi connectivity index (χ2v) is 7.51. The highest BCUT2D eigenvalue weighted by Crippen LogP contribution is 2.32. The van der Waals surface area contributed by atoms with Crippen LogP contribution in [-0.4, -0.2) is 21.0 Å². The molecule has 1 aromatic carbocycles. The van der Waals surface area contributed by atoms with E-state index in [9.17, 15) is 9.18 Å². The van der Waals surface area contributed by atoms with Crippen molar-refractivity contribution < 1.29 is 9.18 Å². The van der Waals surface area contributed by atoms with Gasteiger partial charge in [0, 0.05) is 35.9 Å². The lowest BCUT2D eigenvalue weighted by Crippen LogP contribution is -2.47. The van der Waals surface area contributed by atoms with Crippen LogP contribution in [0.3, 0.4) is 0 Å². The number of hydrogen-bond donors (Lipinski definition) is 1. The molecule has 0 aliphatic carbocycles. The lowest BCUT2D eigenvalue weighted by atomic mass is 9.83. The Balaban J connectivity index is 1.86. The molecule has 3 rings (SSSR count). The van der Waals surface area contributed by atoms with Crippen LogP contribution in [0.4, 0.5) is 4.39 Å². The molecule has 0 radical (unpaired) electrons. The monoisotopic (exact) mass is 373 g/mol. The molecule has 2 aromatic heterocycles. The van der Waals surface area contributed by atoms with E-state index in [2.05, 4.69) is 10.3 Å². The fraction of sp³-hybridized carbons (Fsp3) is 0.300. The van der Waals surface area contributed by atoms with Gasteiger partial charge in [-0.1, -0.05) is 36.7 Å². The Morgan fingerprint density at radius 2 is 2.04 bits per heavy atom. The fourth-order valence-corrected chi connectivity index (χ4v) is 3.33. The van der Waals surface area contributed by atoms with Gasteiger partial charge in [0.25, 0.3) is 5.91 Å². The molecule has 0 spiro atoms. The predicted molar refractivity (Wildman–Crippen MR) is 102 cm³/mol. The highest BCUT2D eigenvalue weighted by Gasteiger charge is 2.30. The van der Waals surface area contributed by atoms with Gasteiger partial charge in [-0.15, -0.1) is 0 Å². The summed E-state index contributed by atoms with van der Waals surface area (Å²) >= 11 is 6.30. The van der Waals surface area contributed by atoms with Crippen molar-refractivity contribution in [2.24, 2.45) is 7.05 Å². The highest BCUT2D eigenvalue weighted by molar-refractivity contribution is 6.31. The first-order valence-electron chi connectivity index (χ1n) is 8.38. The average molecular weight is 374 g/mol. The minimum absolute atomic E-state index is 0.0229. The van der Waals surface area contributed by atoms with Crippen LogP contribution < -0.4 is 5.32 Å². The summed E-state index contributed by atoms with van der Waals surface area (Å²) in [5.41, 5.74) is 1.22. The zero-order valence-corrected chi connectivity index (χ0v) is 15.9. The number of nitrogens with zero attached hydrogens (tertiary/aromatic N) is 2. The molecule has 6 heteroatoms. The van der Waals surface area contributed by atoms with Gasteiger partial charge in [-0.2, -0.15) is 0 Å². The van der Waals surface area contributed by atoms with Crippen molar-refractivity contribution in [3.8, 4) is 0 Å². The minimum atomic E-state index is -0.563. The quantitative estimate of drug-likeness (QED) is 0.721. The summed E-state index contributed by atoms with van der Waals surface area (Å²) in [4.78, 5) is 16.9. The Morgan fingerprint density at radius 1 is 1.35 bits per heavy atom. The van der Waals surface area contributed by atoms with Crippen LogP contribution in [0.15, 0.2) is 42.7 Å². The number of amides is 1. The summed E-state index contributed by atoms with van der Waals surface area (Å²) in [5.74, 6) is -0.717. The number of fused-ring (bicyclic) bond motifs is 1. The molecule has 0 aliphatic heterocycles. The number of rotatable bonds is 4. The summed E-state index contributed by atoms with van der Waals surface area (Å²) < 4.78 is 15.6. The van der Waals surface area contributed by atoms with Gasteiger partial charge >= 0.3 is 0 Å². The maximum Gasteiger partial charge on any atom is 0.253 e. The Labute approximate surface area is 157 Å². The molecule has 1 unspecified atom stereocenters. The molecule has 0 bridgehead atoms. The number of carbonyl (C=O) groups is 1. The first-order chi connectivity index (χ1) is 12.2. The molecule has 1 atom stereocenters. The van der Waals surface area contributed by atoms with E-state index >= 15 is 0 Å². The summed E-state index contributed by atoms with van der Waals surface area (Å²) in [6.07, 6.45) is 2.82. The van der Waals surface area contributed by atoms with E-state index in [1.165, 1.54) is 18.5 Å². The lowest BCUT2D eigenvalue weighted by Gasteiger charge is -2.33. The van der Waals surface area contributed by atoms with Crippen molar-refractivity contribution in [2.75, 3.05) is 0 Å². The minimum Gasteiger partial charge on any atom is -0.347 e. The molecule has 136 valence electrons. The predicted octanol–water partition coefficient (Wildman–Crippen LogP) is 4.68. The van der Waals surface area contributed by atoms with Gasteiger partial charge < -0.3 is 9.88 Å². The third-order valence-corrected chi connectivity index (χ3v) is 5.26. The van der Waals surface area contributed by atoms with Crippen molar-refractivity contribution in [2.45, 2.75) is 32.2 Å². The molecule has 26 heavy (non-hydrogen) atoms. The van der Waals surface area contributed by atoms with Gasteiger partial charge in [-0.05, 0) is 31.5 Å². The third kappa shape index (κ3) is 3.31. The molecule has 0 fully saturated rings. The molecular formula is C20H21ClFN3O. The van der Waals surface area contributed by atoms with Crippen LogP contribution in [0.2, 0.25) is 5.02 Å². The molecule has 0 saturated carbocycles. The van der Waals surface area contributed by atoms with E-state index < -0.39 is 11.4 Å². The number of hydrogen-bond acceptors (Lipinski definition) is 2. The second kappa shape index (κ2) is 6.72. The van der Waals surface area contributed by atoms with E-state index in [-0.39, 0.29) is 11.8 Å². The first kappa shape index (κ1) is 18.4. The number of benzene rings is 1. The Morgan fingerprint density at radius 3 is 2.73 bits per heavy atom. The molecule has 4 nitrogen and oxygen atoms in total. The summed E-state index contributed by atoms with van der Waals surface area (Å²) in [6, 6.07) is 9.11. The Hall–Kier alpha value is -2.40. The average Bonchev–Trinajstić information content (AvgIpc) is 2.88. The van der Waals surface area contributed by atoms with Crippen LogP contribution >= 0.6 is 11.6 Å². The van der Waals surface area contributed by atoms with Gasteiger partial charge in [0.05, 0.1) is 10.9 Å². The summed E-state index contributed by atoms with van der Waals surface area (Å²) in [7, 11) is 1.71. The maximum atomic E-state index is 14.0. The number of aryl methyl sites for hydroxylation is 1. The Bertz CT molecular complexity index is 980. The van der Waals surface area contributed by atoms with Crippen molar-refractivity contribution in [1.82, 2.24) is 14.9 Å². The van der Waals surface area contributed by atoms with E-state index in [1.807, 2.05) is 45.0 Å². The molecule has 3 aromatic rings. The Kier molecular flexibility index (Phi) is 4.76. The van der Waals surface area contributed by atoms with E-state index in [4.69, 9.17) is 11.6 Å². The number of nitrogens with one attached hydrogen (secondary N) is 1. The maximum absolute atomic E-state index is 14.0. The van der Waals surface area contributed by atoms with Gasteiger partial charge in [0.15, 0.2) is 0 Å². The zero-order valence-electron chi connectivity index (χ0n) is 15.2. The lowest BCUT2D eigenvalue weighted by molar-refractivity contribution is 0.0902. The number of aromatic nitrogens is 2. The number of pyridine rings is 1. The van der Waals surface area contributed by atoms with Gasteiger partial charge in [0.2, 0.25) is 0 Å². The normalized spacial score (nSPS) is 13.0. The van der Waals surface area contributed by atoms with Crippen molar-refractivity contribution >= 4 is 28.5 Å². The van der Waals surface area contributed by atoms with Crippen molar-refractivity contribution in [1.29, 1.82) is 0 Å². The van der Waals surface area contributed by atoms with Gasteiger partial charge in [0.1, 0.15) is 11.5 Å². The SMILES string of the molecule is CC(c1ccccc1Cl)C(C)(C)NC(=O)c1cnc2c(c1)c(F)cn2C. The largest absolute Gasteiger partial charge is 0.347 e. The van der Waals surface area contributed by atoms with Gasteiger partial charge in [-0.3, -0.25) is 4.79 Å². The molecule has 1 amide bonds. The third-order valence-electron chi connectivity index (χ3n) is 4.92. The number of carbonyl (C=O) groups excluding carboxylic acids is 1. The summed E-state index contributed by atoms with van der Waals surface area (Å²) in [5, 5.41) is 4.02. The van der Waals surface area contributed by atoms with Crippen LogP contribution in [-0.2, 0) is 7.05 Å². The van der Waals surface area contributed by atoms with Crippen LogP contribution in [0.25, 0.3) is 11.0 Å². The standard InChI is InChI=1S/C20H21ClFN3O/c1-12(14-7-5-6-8-16(14)21)20(2,3)24-19(26)13-9-15-17(22)11-25(4)18(15)23-10-13/h5-12H,1-4H3,(H,24,26). The fourth-order valence-electron chi connectivity index (χ4n) is 3.03. The number of halogens is 2. The smallest absolute Gasteiger partial charge is 0.253 e. The second-order valence-electron chi connectivity index (χ2n) is 7.10. The van der Waals surface area contributed by atoms with E-state index in [1.54, 1.807) is 11.6 Å². The highest BCUT2D eigenvalue weighted by atomic mass is 35.5. The van der Waals surface area contributed by atoms with Crippen molar-refractivity contribution in [3.63, 3.8) is 0 Å². The topological polar surface area (TPSA) is 46.9 Å². The zero-order chi connectivity index (χ0) is 19.1. The molecule has 0 saturated heterocycles. The summed E-state index contributed by atoms with van der Waals surface area (Å²) in [6.45, 7) is 5.89. The van der Waals surface area contributed by atoms with Crippen LogP contribution in [0.1, 0.15) is 42.6 Å². The van der Waals surface area contributed by atoms with E-state index in [0.717, 1.165) is 5.56 Å². The molecular weight excluding hydrogens is 353 g/mol. The van der Waals surface area contributed by atoms with Crippen LogP contribution in [0.5, 0.6) is 0 Å². The van der Waals surface area contributed by atoms with E-state index in [0.29, 0.717) is 21.6 Å². The first-order valence-corrected chi connectivity index (χ1v) is 8.76. The van der Waals surface area contributed by atoms with Gasteiger partial charge in [-0.25, -0.2) is 9.37 Å². The molecule has 0 aliphatic rings. The molecule has 2 heterocycles. The van der Waals surface area contributed by atoms with Crippen molar-refractivity contribution in [3.05, 3.63) is 64.7 Å². The van der Waals surface area contributed by atoms with Crippen LogP contribution in [0, 0.1) is 5.82 Å². The molecule has 1 N–H and O–H groups in total.